The van der Waals surface area contributed by atoms with Gasteiger partial charge in [0.05, 0.1) is 5.92 Å². The molecule has 1 N–H and O–H groups in total. The average Bonchev–Trinajstić information content (AvgIpc) is 2.35. The van der Waals surface area contributed by atoms with E-state index < -0.39 is 5.97 Å². The summed E-state index contributed by atoms with van der Waals surface area (Å²) in [5.74, 6) is -1.39. The lowest BCUT2D eigenvalue weighted by molar-refractivity contribution is -0.142. The van der Waals surface area contributed by atoms with Crippen LogP contribution in [0.25, 0.3) is 0 Å². The number of rotatable bonds is 8. The van der Waals surface area contributed by atoms with Crippen LogP contribution in [0, 0.1) is 11.7 Å². The summed E-state index contributed by atoms with van der Waals surface area (Å²) in [6.07, 6.45) is 5.53. The van der Waals surface area contributed by atoms with Crippen molar-refractivity contribution in [1.82, 2.24) is 0 Å². The van der Waals surface area contributed by atoms with E-state index >= 15 is 0 Å². The Bertz CT molecular complexity index is 359. The molecule has 0 heterocycles. The summed E-state index contributed by atoms with van der Waals surface area (Å²) in [4.78, 5) is 11.2. The third-order valence-corrected chi connectivity index (χ3v) is 3.15. The Morgan fingerprint density at radius 1 is 1.22 bits per heavy atom. The molecule has 0 fully saturated rings. The van der Waals surface area contributed by atoms with Gasteiger partial charge in [0.15, 0.2) is 0 Å². The van der Waals surface area contributed by atoms with Crippen molar-refractivity contribution >= 4 is 5.97 Å². The zero-order valence-corrected chi connectivity index (χ0v) is 10.9. The number of carboxylic acids is 1. The summed E-state index contributed by atoms with van der Waals surface area (Å²) in [5.41, 5.74) is 0.888. The van der Waals surface area contributed by atoms with Crippen molar-refractivity contribution in [2.45, 2.75) is 45.4 Å². The fraction of sp³-hybridized carbons (Fsp3) is 0.533. The van der Waals surface area contributed by atoms with Gasteiger partial charge in [-0.25, -0.2) is 4.39 Å². The van der Waals surface area contributed by atoms with Crippen LogP contribution in [0.5, 0.6) is 0 Å². The minimum Gasteiger partial charge on any atom is -0.481 e. The van der Waals surface area contributed by atoms with Crippen LogP contribution in [-0.2, 0) is 11.2 Å². The lowest BCUT2D eigenvalue weighted by atomic mass is 9.93. The zero-order chi connectivity index (χ0) is 13.4. The van der Waals surface area contributed by atoms with Crippen molar-refractivity contribution in [2.75, 3.05) is 0 Å². The van der Waals surface area contributed by atoms with Gasteiger partial charge in [-0.1, -0.05) is 44.7 Å². The number of benzene rings is 1. The Morgan fingerprint density at radius 3 is 2.44 bits per heavy atom. The summed E-state index contributed by atoms with van der Waals surface area (Å²) >= 11 is 0. The van der Waals surface area contributed by atoms with E-state index in [0.29, 0.717) is 12.8 Å². The van der Waals surface area contributed by atoms with E-state index in [-0.39, 0.29) is 11.7 Å². The van der Waals surface area contributed by atoms with Crippen molar-refractivity contribution in [3.8, 4) is 0 Å². The molecule has 0 aliphatic carbocycles. The topological polar surface area (TPSA) is 37.3 Å². The highest BCUT2D eigenvalue weighted by Gasteiger charge is 2.17. The van der Waals surface area contributed by atoms with E-state index in [0.717, 1.165) is 31.2 Å². The van der Waals surface area contributed by atoms with Gasteiger partial charge in [-0.2, -0.15) is 0 Å². The predicted molar refractivity (Wildman–Crippen MR) is 70.0 cm³/mol. The summed E-state index contributed by atoms with van der Waals surface area (Å²) in [5, 5.41) is 9.17. The Morgan fingerprint density at radius 2 is 1.89 bits per heavy atom. The van der Waals surface area contributed by atoms with Crippen LogP contribution in [0.1, 0.15) is 44.6 Å². The Labute approximate surface area is 108 Å². The minimum atomic E-state index is -0.754. The van der Waals surface area contributed by atoms with Gasteiger partial charge in [-0.15, -0.1) is 0 Å². The Kier molecular flexibility index (Phi) is 6.40. The maximum absolute atomic E-state index is 12.8. The third-order valence-electron chi connectivity index (χ3n) is 3.15. The molecule has 1 aromatic rings. The van der Waals surface area contributed by atoms with Crippen LogP contribution in [0.3, 0.4) is 0 Å². The number of hydrogen-bond acceptors (Lipinski definition) is 1. The van der Waals surface area contributed by atoms with Gasteiger partial charge in [-0.3, -0.25) is 4.79 Å². The number of unbranched alkanes of at least 4 members (excludes halogenated alkanes) is 3. The van der Waals surface area contributed by atoms with Crippen molar-refractivity contribution in [2.24, 2.45) is 5.92 Å². The molecule has 0 aromatic heterocycles. The fourth-order valence-electron chi connectivity index (χ4n) is 2.04. The fourth-order valence-corrected chi connectivity index (χ4v) is 2.04. The molecule has 3 heteroatoms. The highest BCUT2D eigenvalue weighted by molar-refractivity contribution is 5.70. The van der Waals surface area contributed by atoms with Gasteiger partial charge in [0.25, 0.3) is 0 Å². The molecule has 0 amide bonds. The van der Waals surface area contributed by atoms with Crippen LogP contribution in [-0.4, -0.2) is 11.1 Å². The van der Waals surface area contributed by atoms with Gasteiger partial charge < -0.3 is 5.11 Å². The van der Waals surface area contributed by atoms with E-state index in [1.165, 1.54) is 12.1 Å². The molecule has 0 aliphatic heterocycles. The Balaban J connectivity index is 2.47. The van der Waals surface area contributed by atoms with Crippen LogP contribution in [0.15, 0.2) is 24.3 Å². The number of aliphatic carboxylic acids is 1. The van der Waals surface area contributed by atoms with Crippen molar-refractivity contribution in [1.29, 1.82) is 0 Å². The summed E-state index contributed by atoms with van der Waals surface area (Å²) in [6.45, 7) is 2.13. The number of halogens is 1. The highest BCUT2D eigenvalue weighted by atomic mass is 19.1. The van der Waals surface area contributed by atoms with Crippen molar-refractivity contribution in [3.05, 3.63) is 35.6 Å². The standard InChI is InChI=1S/C15H21FO2/c1-2-3-4-5-6-13(15(17)18)11-12-7-9-14(16)10-8-12/h7-10,13H,2-6,11H2,1H3,(H,17,18). The van der Waals surface area contributed by atoms with Crippen LogP contribution >= 0.6 is 0 Å². The molecule has 0 saturated heterocycles. The molecule has 0 radical (unpaired) electrons. The lowest BCUT2D eigenvalue weighted by Gasteiger charge is -2.12. The molecule has 100 valence electrons. The first-order valence-corrected chi connectivity index (χ1v) is 6.60. The van der Waals surface area contributed by atoms with Gasteiger partial charge in [-0.05, 0) is 30.5 Å². The molecule has 0 bridgehead atoms. The predicted octanol–water partition coefficient (Wildman–Crippen LogP) is 4.04. The molecule has 1 unspecified atom stereocenters. The van der Waals surface area contributed by atoms with Gasteiger partial charge >= 0.3 is 5.97 Å². The van der Waals surface area contributed by atoms with E-state index in [1.54, 1.807) is 12.1 Å². The summed E-state index contributed by atoms with van der Waals surface area (Å²) in [7, 11) is 0. The molecule has 0 saturated carbocycles. The third kappa shape index (κ3) is 5.30. The molecule has 1 rings (SSSR count). The minimum absolute atomic E-state index is 0.284. The molecular weight excluding hydrogens is 231 g/mol. The first-order chi connectivity index (χ1) is 8.63. The molecule has 18 heavy (non-hydrogen) atoms. The van der Waals surface area contributed by atoms with Gasteiger partial charge in [0.1, 0.15) is 5.82 Å². The lowest BCUT2D eigenvalue weighted by Crippen LogP contribution is -2.16. The van der Waals surface area contributed by atoms with Crippen LogP contribution in [0.4, 0.5) is 4.39 Å². The second kappa shape index (κ2) is 7.85. The second-order valence-electron chi connectivity index (χ2n) is 4.72. The van der Waals surface area contributed by atoms with Gasteiger partial charge in [0, 0.05) is 0 Å². The zero-order valence-electron chi connectivity index (χ0n) is 10.9. The van der Waals surface area contributed by atoms with E-state index in [1.807, 2.05) is 0 Å². The number of carbonyl (C=O) groups is 1. The molecule has 2 nitrogen and oxygen atoms in total. The first-order valence-electron chi connectivity index (χ1n) is 6.60. The second-order valence-corrected chi connectivity index (χ2v) is 4.72. The molecule has 0 aliphatic rings. The number of carboxylic acid groups (broad SMARTS) is 1. The van der Waals surface area contributed by atoms with Gasteiger partial charge in [0.2, 0.25) is 0 Å². The quantitative estimate of drug-likeness (QED) is 0.709. The molecule has 0 spiro atoms. The number of hydrogen-bond donors (Lipinski definition) is 1. The first kappa shape index (κ1) is 14.7. The maximum Gasteiger partial charge on any atom is 0.306 e. The SMILES string of the molecule is CCCCCCC(Cc1ccc(F)cc1)C(=O)O. The van der Waals surface area contributed by atoms with Crippen molar-refractivity contribution < 1.29 is 14.3 Å². The Hall–Kier alpha value is -1.38. The van der Waals surface area contributed by atoms with Crippen molar-refractivity contribution in [3.63, 3.8) is 0 Å². The maximum atomic E-state index is 12.8. The summed E-state index contributed by atoms with van der Waals surface area (Å²) < 4.78 is 12.8. The molecule has 1 atom stereocenters. The highest BCUT2D eigenvalue weighted by Crippen LogP contribution is 2.17. The smallest absolute Gasteiger partial charge is 0.306 e. The average molecular weight is 252 g/mol. The largest absolute Gasteiger partial charge is 0.481 e. The molecular formula is C15H21FO2. The summed E-state index contributed by atoms with van der Waals surface area (Å²) in [6, 6.07) is 6.09. The normalized spacial score (nSPS) is 12.3. The van der Waals surface area contributed by atoms with E-state index in [2.05, 4.69) is 6.92 Å². The van der Waals surface area contributed by atoms with Crippen LogP contribution in [0.2, 0.25) is 0 Å². The van der Waals surface area contributed by atoms with Crippen LogP contribution < -0.4 is 0 Å². The monoisotopic (exact) mass is 252 g/mol. The molecule has 1 aromatic carbocycles. The van der Waals surface area contributed by atoms with E-state index in [9.17, 15) is 14.3 Å². The van der Waals surface area contributed by atoms with E-state index in [4.69, 9.17) is 0 Å².